The summed E-state index contributed by atoms with van der Waals surface area (Å²) in [5.41, 5.74) is 1.93. The highest BCUT2D eigenvalue weighted by Crippen LogP contribution is 2.33. The van der Waals surface area contributed by atoms with Crippen molar-refractivity contribution in [2.24, 2.45) is 5.16 Å². The van der Waals surface area contributed by atoms with Crippen LogP contribution in [0.5, 0.6) is 5.75 Å². The molecule has 39 heavy (non-hydrogen) atoms. The van der Waals surface area contributed by atoms with Crippen molar-refractivity contribution in [3.8, 4) is 5.75 Å². The molecule has 1 aliphatic rings. The molecule has 0 saturated carbocycles. The Labute approximate surface area is 224 Å². The normalized spacial score (nSPS) is 18.4. The van der Waals surface area contributed by atoms with Crippen molar-refractivity contribution in [1.82, 2.24) is 20.1 Å². The zero-order valence-corrected chi connectivity index (χ0v) is 22.7. The van der Waals surface area contributed by atoms with Gasteiger partial charge in [0.15, 0.2) is 32.5 Å². The van der Waals surface area contributed by atoms with Crippen molar-refractivity contribution in [2.75, 3.05) is 17.7 Å². The summed E-state index contributed by atoms with van der Waals surface area (Å²) in [6.07, 6.45) is -0.260. The number of carbonyl (C=O) groups is 2. The summed E-state index contributed by atoms with van der Waals surface area (Å²) in [5, 5.41) is 27.2. The Morgan fingerprint density at radius 2 is 1.97 bits per heavy atom. The van der Waals surface area contributed by atoms with Crippen LogP contribution in [0, 0.1) is 0 Å². The van der Waals surface area contributed by atoms with Gasteiger partial charge in [0, 0.05) is 17.7 Å². The van der Waals surface area contributed by atoms with E-state index in [0.29, 0.717) is 17.3 Å². The molecule has 21 heteroatoms. The number of amides is 2. The van der Waals surface area contributed by atoms with Crippen LogP contribution in [-0.4, -0.2) is 87.6 Å². The van der Waals surface area contributed by atoms with E-state index in [2.05, 4.69) is 19.7 Å². The highest BCUT2D eigenvalue weighted by molar-refractivity contribution is 7.90. The number of β-lactam (4-membered cyclic amide) rings is 1. The van der Waals surface area contributed by atoms with Gasteiger partial charge in [-0.05, 0) is 13.8 Å². The smallest absolute Gasteiger partial charge is 0.418 e. The molecule has 3 heterocycles. The first-order valence-electron chi connectivity index (χ1n) is 10.4. The lowest BCUT2D eigenvalue weighted by atomic mass is 9.84. The summed E-state index contributed by atoms with van der Waals surface area (Å²) >= 11 is 0.894. The first kappa shape index (κ1) is 29.8. The highest BCUT2D eigenvalue weighted by atomic mass is 32.3. The van der Waals surface area contributed by atoms with Gasteiger partial charge in [-0.1, -0.05) is 5.16 Å². The number of oxime groups is 1. The predicted molar refractivity (Wildman–Crippen MR) is 132 cm³/mol. The predicted octanol–water partition coefficient (Wildman–Crippen LogP) is -1.82. The van der Waals surface area contributed by atoms with Crippen LogP contribution in [-0.2, 0) is 38.9 Å². The number of nitrogen functional groups attached to an aromatic ring is 1. The van der Waals surface area contributed by atoms with Crippen molar-refractivity contribution in [1.29, 1.82) is 0 Å². The molecule has 0 aliphatic carbocycles. The Morgan fingerprint density at radius 1 is 1.33 bits per heavy atom. The molecule has 1 aliphatic heterocycles. The number of carbonyl (C=O) groups excluding carboxylic acids is 2. The Morgan fingerprint density at radius 3 is 2.49 bits per heavy atom. The Balaban J connectivity index is 1.97. The van der Waals surface area contributed by atoms with Crippen molar-refractivity contribution >= 4 is 54.2 Å². The molecular weight excluding hydrogens is 588 g/mol. The number of rotatable bonds is 10. The number of pyridine rings is 1. The van der Waals surface area contributed by atoms with Gasteiger partial charge in [-0.25, -0.2) is 13.4 Å². The van der Waals surface area contributed by atoms with Gasteiger partial charge in [0.05, 0.1) is 17.5 Å². The van der Waals surface area contributed by atoms with Crippen molar-refractivity contribution in [3.63, 3.8) is 0 Å². The lowest BCUT2D eigenvalue weighted by Gasteiger charge is -2.50. The number of aromatic hydroxyl groups is 1. The quantitative estimate of drug-likeness (QED) is 0.0651. The lowest BCUT2D eigenvalue weighted by Crippen LogP contribution is -2.76. The second-order valence-corrected chi connectivity index (χ2v) is 12.8. The zero-order chi connectivity index (χ0) is 29.5. The van der Waals surface area contributed by atoms with E-state index in [9.17, 15) is 41.5 Å². The van der Waals surface area contributed by atoms with Crippen LogP contribution in [0.4, 0.5) is 5.13 Å². The molecule has 214 valence electrons. The SMILES string of the molecule is CC1(C)[C@H](NC(=O)/C(=N\OC(CS(C)(=O)=O)c2cc(=O)c(O)cn2O)c2csc(N)n2)C(=O)N1OS(=O)(=O)O. The summed E-state index contributed by atoms with van der Waals surface area (Å²) in [7, 11) is -8.90. The van der Waals surface area contributed by atoms with Gasteiger partial charge in [-0.15, -0.1) is 15.6 Å². The fraction of sp³-hybridized carbons (Fsp3) is 0.389. The number of nitrogens with zero attached hydrogens (tertiary/aromatic N) is 4. The number of hydroxylamine groups is 2. The number of hydrogen-bond donors (Lipinski definition) is 5. The van der Waals surface area contributed by atoms with Crippen molar-refractivity contribution < 1.29 is 50.4 Å². The third-order valence-corrected chi connectivity index (χ3v) is 7.12. The number of sulfone groups is 1. The molecule has 2 amide bonds. The second kappa shape index (κ2) is 10.4. The summed E-state index contributed by atoms with van der Waals surface area (Å²) < 4.78 is 59.4. The molecule has 2 aromatic heterocycles. The molecule has 2 aromatic rings. The van der Waals surface area contributed by atoms with Gasteiger partial charge in [0.25, 0.3) is 11.8 Å². The molecule has 2 atom stereocenters. The van der Waals surface area contributed by atoms with E-state index in [1.807, 2.05) is 0 Å². The van der Waals surface area contributed by atoms with Crippen LogP contribution in [0.25, 0.3) is 0 Å². The minimum atomic E-state index is -5.05. The molecule has 0 aromatic carbocycles. The van der Waals surface area contributed by atoms with Crippen LogP contribution in [0.15, 0.2) is 27.6 Å². The zero-order valence-electron chi connectivity index (χ0n) is 20.2. The topological polar surface area (TPSA) is 270 Å². The van der Waals surface area contributed by atoms with E-state index in [-0.39, 0.29) is 15.6 Å². The van der Waals surface area contributed by atoms with Crippen LogP contribution in [0.2, 0.25) is 0 Å². The van der Waals surface area contributed by atoms with E-state index in [1.54, 1.807) is 0 Å². The molecule has 18 nitrogen and oxygen atoms in total. The molecular formula is C18H22N6O12S3. The van der Waals surface area contributed by atoms with Gasteiger partial charge >= 0.3 is 10.4 Å². The molecule has 1 unspecified atom stereocenters. The van der Waals surface area contributed by atoms with Crippen molar-refractivity contribution in [2.45, 2.75) is 31.5 Å². The summed E-state index contributed by atoms with van der Waals surface area (Å²) in [6, 6.07) is -0.694. The Kier molecular flexibility index (Phi) is 7.94. The Bertz CT molecular complexity index is 1610. The number of hydrogen-bond acceptors (Lipinski definition) is 15. The first-order valence-corrected chi connectivity index (χ1v) is 14.7. The lowest BCUT2D eigenvalue weighted by molar-refractivity contribution is -0.218. The molecule has 0 spiro atoms. The molecule has 1 saturated heterocycles. The minimum Gasteiger partial charge on any atom is -0.503 e. The maximum atomic E-state index is 13.1. The number of thiazole rings is 1. The molecule has 0 bridgehead atoms. The fourth-order valence-electron chi connectivity index (χ4n) is 3.35. The van der Waals surface area contributed by atoms with Crippen LogP contribution in [0.3, 0.4) is 0 Å². The molecule has 0 radical (unpaired) electrons. The van der Waals surface area contributed by atoms with E-state index in [4.69, 9.17) is 15.1 Å². The average molecular weight is 611 g/mol. The summed E-state index contributed by atoms with van der Waals surface area (Å²) in [4.78, 5) is 46.6. The third-order valence-electron chi connectivity index (χ3n) is 5.20. The number of nitrogens with one attached hydrogen (secondary N) is 1. The van der Waals surface area contributed by atoms with Crippen molar-refractivity contribution in [3.05, 3.63) is 39.3 Å². The van der Waals surface area contributed by atoms with Gasteiger partial charge in [0.2, 0.25) is 5.43 Å². The Hall–Kier alpha value is -3.79. The maximum Gasteiger partial charge on any atom is 0.418 e. The van der Waals surface area contributed by atoms with Crippen LogP contribution >= 0.6 is 11.3 Å². The third kappa shape index (κ3) is 6.81. The fourth-order valence-corrected chi connectivity index (χ4v) is 5.13. The van der Waals surface area contributed by atoms with E-state index >= 15 is 0 Å². The van der Waals surface area contributed by atoms with Gasteiger partial charge in [-0.2, -0.15) is 18.2 Å². The summed E-state index contributed by atoms with van der Waals surface area (Å²) in [6.45, 7) is 2.62. The molecule has 3 rings (SSSR count). The van der Waals surface area contributed by atoms with Crippen LogP contribution < -0.4 is 16.5 Å². The number of aromatic nitrogens is 2. The van der Waals surface area contributed by atoms with Gasteiger partial charge < -0.3 is 26.2 Å². The molecule has 1 fully saturated rings. The standard InChI is InChI=1S/C18H22N6O12S3/c1-18(2)14(16(28)24(18)36-39(32,33)34)21-15(27)13(8-6-37-17(19)20-8)22-35-12(7-38(3,30)31)9-4-10(25)11(26)5-23(9)29/h4-6,12,14,26,29H,7H2,1-3H3,(H2,19,20)(H,21,27)(H,32,33,34)/b22-13-/t12?,14-/m1/s1. The molecule has 6 N–H and O–H groups in total. The average Bonchev–Trinajstić information content (AvgIpc) is 3.21. The van der Waals surface area contributed by atoms with Crippen LogP contribution in [0.1, 0.15) is 31.3 Å². The van der Waals surface area contributed by atoms with E-state index in [0.717, 1.165) is 17.6 Å². The largest absolute Gasteiger partial charge is 0.503 e. The number of anilines is 1. The van der Waals surface area contributed by atoms with E-state index < -0.39 is 78.1 Å². The maximum absolute atomic E-state index is 13.1. The van der Waals surface area contributed by atoms with Gasteiger partial charge in [0.1, 0.15) is 17.4 Å². The number of nitrogens with two attached hydrogens (primary N) is 1. The minimum absolute atomic E-state index is 0.00584. The van der Waals surface area contributed by atoms with E-state index in [1.165, 1.54) is 19.2 Å². The summed E-state index contributed by atoms with van der Waals surface area (Å²) in [5.74, 6) is -3.85. The monoisotopic (exact) mass is 610 g/mol. The first-order chi connectivity index (χ1) is 17.8. The second-order valence-electron chi connectivity index (χ2n) is 8.68. The van der Waals surface area contributed by atoms with Gasteiger partial charge in [-0.3, -0.25) is 18.9 Å². The highest BCUT2D eigenvalue weighted by Gasteiger charge is 2.58.